The minimum atomic E-state index is -0.859. The van der Waals surface area contributed by atoms with Gasteiger partial charge in [0, 0.05) is 34.5 Å². The molecule has 44 heavy (non-hydrogen) atoms. The van der Waals surface area contributed by atoms with Gasteiger partial charge in [0.25, 0.3) is 11.8 Å². The number of hydrogen-bond acceptors (Lipinski definition) is 6. The van der Waals surface area contributed by atoms with E-state index in [1.54, 1.807) is 37.7 Å². The number of amides is 2. The Kier molecular flexibility index (Phi) is 12.5. The third kappa shape index (κ3) is 8.62. The molecule has 0 saturated heterocycles. The first-order chi connectivity index (χ1) is 20.6. The molecule has 2 aliphatic rings. The Morgan fingerprint density at radius 2 is 0.977 bits per heavy atom. The van der Waals surface area contributed by atoms with E-state index < -0.39 is 11.2 Å². The Morgan fingerprint density at radius 3 is 1.23 bits per heavy atom. The van der Waals surface area contributed by atoms with Crippen LogP contribution in [0, 0.1) is 22.7 Å². The Labute approximate surface area is 274 Å². The number of hydrogen-bond donors (Lipinski definition) is 2. The van der Waals surface area contributed by atoms with Crippen molar-refractivity contribution in [3.63, 3.8) is 0 Å². The van der Waals surface area contributed by atoms with E-state index >= 15 is 0 Å². The summed E-state index contributed by atoms with van der Waals surface area (Å²) < 4.78 is 11.4. The van der Waals surface area contributed by atoms with Crippen molar-refractivity contribution in [1.29, 1.82) is 0 Å². The second kappa shape index (κ2) is 15.1. The van der Waals surface area contributed by atoms with Crippen molar-refractivity contribution in [2.45, 2.75) is 112 Å². The maximum Gasteiger partial charge on any atom is 0.250 e. The second-order valence-electron chi connectivity index (χ2n) is 14.4. The highest BCUT2D eigenvalue weighted by Crippen LogP contribution is 2.50. The number of carbonyl (C=O) groups excluding carboxylic acids is 2. The minimum absolute atomic E-state index is 0.0513. The molecule has 244 valence electrons. The van der Waals surface area contributed by atoms with Crippen LogP contribution < -0.4 is 11.5 Å². The lowest BCUT2D eigenvalue weighted by molar-refractivity contribution is -0.145. The SMILES string of the molecule is CO[C@@]1(C(N)=O)CC[C@H](C(C)(C)C)C[C@H]1Sc1ccccc1.CO[C@]1(C(N)=O)CC[C@@H](C(C)(C)C)C[C@@H]1Sc1ccccc1. The summed E-state index contributed by atoms with van der Waals surface area (Å²) in [5, 5.41) is 0.103. The van der Waals surface area contributed by atoms with Gasteiger partial charge in [0.15, 0.2) is 11.2 Å². The van der Waals surface area contributed by atoms with Crippen molar-refractivity contribution < 1.29 is 19.1 Å². The number of benzene rings is 2. The van der Waals surface area contributed by atoms with Crippen LogP contribution in [0.5, 0.6) is 0 Å². The van der Waals surface area contributed by atoms with Crippen LogP contribution in [0.4, 0.5) is 0 Å². The summed E-state index contributed by atoms with van der Waals surface area (Å²) in [6.07, 6.45) is 5.24. The summed E-state index contributed by atoms with van der Waals surface area (Å²) >= 11 is 3.44. The van der Waals surface area contributed by atoms with Gasteiger partial charge >= 0.3 is 0 Å². The molecule has 0 heterocycles. The summed E-state index contributed by atoms with van der Waals surface area (Å²) in [6, 6.07) is 20.4. The van der Waals surface area contributed by atoms with Gasteiger partial charge in [-0.3, -0.25) is 9.59 Å². The zero-order chi connectivity index (χ0) is 32.8. The molecule has 2 saturated carbocycles. The van der Waals surface area contributed by atoms with Gasteiger partial charge in [-0.25, -0.2) is 0 Å². The van der Waals surface area contributed by atoms with Gasteiger partial charge in [0.2, 0.25) is 0 Å². The number of nitrogens with two attached hydrogens (primary N) is 2. The molecule has 4 rings (SSSR count). The highest BCUT2D eigenvalue weighted by molar-refractivity contribution is 8.00. The van der Waals surface area contributed by atoms with Crippen LogP contribution >= 0.6 is 23.5 Å². The molecule has 2 aliphatic carbocycles. The molecule has 6 atom stereocenters. The second-order valence-corrected chi connectivity index (χ2v) is 17.0. The van der Waals surface area contributed by atoms with Crippen LogP contribution in [-0.2, 0) is 19.1 Å². The maximum atomic E-state index is 12.1. The van der Waals surface area contributed by atoms with E-state index in [-0.39, 0.29) is 33.1 Å². The number of carbonyl (C=O) groups is 2. The Hall–Kier alpha value is -2.00. The number of methoxy groups -OCH3 is 2. The van der Waals surface area contributed by atoms with Crippen molar-refractivity contribution in [1.82, 2.24) is 0 Å². The summed E-state index contributed by atoms with van der Waals surface area (Å²) in [6.45, 7) is 13.6. The molecule has 0 spiro atoms. The van der Waals surface area contributed by atoms with Crippen molar-refractivity contribution in [3.8, 4) is 0 Å². The van der Waals surface area contributed by atoms with Gasteiger partial charge in [-0.05, 0) is 85.5 Å². The normalized spacial score (nSPS) is 29.3. The fraction of sp³-hybridized carbons (Fsp3) is 0.611. The van der Waals surface area contributed by atoms with Gasteiger partial charge < -0.3 is 20.9 Å². The quantitative estimate of drug-likeness (QED) is 0.305. The lowest BCUT2D eigenvalue weighted by Crippen LogP contribution is -2.57. The van der Waals surface area contributed by atoms with Crippen LogP contribution in [0.25, 0.3) is 0 Å². The summed E-state index contributed by atoms with van der Waals surface area (Å²) in [4.78, 5) is 26.6. The van der Waals surface area contributed by atoms with Gasteiger partial charge in [-0.1, -0.05) is 77.9 Å². The number of thioether (sulfide) groups is 2. The predicted octanol–water partition coefficient (Wildman–Crippen LogP) is 7.73. The van der Waals surface area contributed by atoms with Crippen molar-refractivity contribution in [2.75, 3.05) is 14.2 Å². The van der Waals surface area contributed by atoms with Gasteiger partial charge in [-0.2, -0.15) is 0 Å². The Bertz CT molecular complexity index is 1120. The molecule has 2 aromatic carbocycles. The smallest absolute Gasteiger partial charge is 0.250 e. The minimum Gasteiger partial charge on any atom is -0.367 e. The highest BCUT2D eigenvalue weighted by atomic mass is 32.2. The van der Waals surface area contributed by atoms with E-state index in [1.165, 1.54) is 0 Å². The van der Waals surface area contributed by atoms with Crippen LogP contribution in [0.3, 0.4) is 0 Å². The first-order valence-corrected chi connectivity index (χ1v) is 17.5. The van der Waals surface area contributed by atoms with E-state index in [4.69, 9.17) is 20.9 Å². The molecule has 0 aliphatic heterocycles. The maximum absolute atomic E-state index is 12.1. The molecule has 0 bridgehead atoms. The standard InChI is InChI=1S/2C18H27NO2S/c2*1-17(2,3)13-10-11-18(21-4,16(19)20)15(12-13)22-14-8-6-5-7-9-14/h2*5-9,13,15H,10-12H2,1-4H3,(H2,19,20)/t2*13-,15+,18-/m10/s1. The third-order valence-electron chi connectivity index (χ3n) is 9.82. The van der Waals surface area contributed by atoms with E-state index in [0.717, 1.165) is 35.5 Å². The first-order valence-electron chi connectivity index (χ1n) is 15.7. The molecule has 2 fully saturated rings. The average Bonchev–Trinajstić information content (AvgIpc) is 2.97. The van der Waals surface area contributed by atoms with Crippen LogP contribution in [-0.4, -0.2) is 47.7 Å². The molecular formula is C36H54N2O4S2. The summed E-state index contributed by atoms with van der Waals surface area (Å²) in [5.41, 5.74) is 10.2. The molecule has 0 aromatic heterocycles. The lowest BCUT2D eigenvalue weighted by atomic mass is 9.68. The van der Waals surface area contributed by atoms with Crippen LogP contribution in [0.1, 0.15) is 80.1 Å². The zero-order valence-electron chi connectivity index (χ0n) is 27.9. The van der Waals surface area contributed by atoms with Crippen molar-refractivity contribution in [3.05, 3.63) is 60.7 Å². The van der Waals surface area contributed by atoms with Crippen LogP contribution in [0.15, 0.2) is 70.5 Å². The topological polar surface area (TPSA) is 105 Å². The first kappa shape index (κ1) is 36.5. The Balaban J connectivity index is 0.000000240. The van der Waals surface area contributed by atoms with Crippen LogP contribution in [0.2, 0.25) is 0 Å². The number of ether oxygens (including phenoxy) is 2. The molecule has 4 N–H and O–H groups in total. The fourth-order valence-corrected chi connectivity index (χ4v) is 9.63. The fourth-order valence-electron chi connectivity index (χ4n) is 6.65. The highest BCUT2D eigenvalue weighted by Gasteiger charge is 2.52. The number of primary amides is 2. The van der Waals surface area contributed by atoms with E-state index in [9.17, 15) is 9.59 Å². The van der Waals surface area contributed by atoms with Crippen molar-refractivity contribution in [2.24, 2.45) is 34.1 Å². The molecule has 8 heteroatoms. The monoisotopic (exact) mass is 642 g/mol. The largest absolute Gasteiger partial charge is 0.367 e. The summed E-state index contributed by atoms with van der Waals surface area (Å²) in [5.74, 6) is 0.458. The molecule has 0 unspecified atom stereocenters. The Morgan fingerprint density at radius 1 is 0.659 bits per heavy atom. The lowest BCUT2D eigenvalue weighted by Gasteiger charge is -2.46. The van der Waals surface area contributed by atoms with E-state index in [2.05, 4.69) is 65.8 Å². The summed E-state index contributed by atoms with van der Waals surface area (Å²) in [7, 11) is 3.22. The molecular weight excluding hydrogens is 589 g/mol. The predicted molar refractivity (Wildman–Crippen MR) is 184 cm³/mol. The van der Waals surface area contributed by atoms with Gasteiger partial charge in [-0.15, -0.1) is 23.5 Å². The zero-order valence-corrected chi connectivity index (χ0v) is 29.6. The molecule has 2 amide bonds. The molecule has 2 aromatic rings. The van der Waals surface area contributed by atoms with Gasteiger partial charge in [0.05, 0.1) is 0 Å². The van der Waals surface area contributed by atoms with E-state index in [1.807, 2.05) is 36.4 Å². The number of rotatable bonds is 8. The average molecular weight is 643 g/mol. The van der Waals surface area contributed by atoms with Crippen molar-refractivity contribution >= 4 is 35.3 Å². The van der Waals surface area contributed by atoms with E-state index in [0.29, 0.717) is 24.7 Å². The molecule has 0 radical (unpaired) electrons. The van der Waals surface area contributed by atoms with Gasteiger partial charge in [0.1, 0.15) is 0 Å². The molecule has 6 nitrogen and oxygen atoms in total. The third-order valence-corrected chi connectivity index (χ3v) is 12.6.